The van der Waals surface area contributed by atoms with Crippen molar-refractivity contribution >= 4 is 17.8 Å². The van der Waals surface area contributed by atoms with Gasteiger partial charge < -0.3 is 15.5 Å². The summed E-state index contributed by atoms with van der Waals surface area (Å²) in [6.45, 7) is 11.2. The predicted octanol–water partition coefficient (Wildman–Crippen LogP) is 3.87. The fourth-order valence-electron chi connectivity index (χ4n) is 5.09. The Kier molecular flexibility index (Phi) is 7.48. The van der Waals surface area contributed by atoms with Crippen LogP contribution in [0.5, 0.6) is 0 Å². The number of nitrogens with zero attached hydrogens (tertiary/aromatic N) is 2. The standard InChI is InChI=1S/C29H36N4O3/c1-6-32-24-17-33(23(27(34)30-16-18(2)3)15-21-10-8-7-9-11-21)28(35)25(24)26(31-29(32)36)22-13-12-19(4)14-20(22)5/h7-14,18,23,26H,6,15-17H2,1-5H3,(H,30,34)(H,31,36)/t23-,26+/m1/s1. The summed E-state index contributed by atoms with van der Waals surface area (Å²) in [5.74, 6) is -0.0848. The van der Waals surface area contributed by atoms with Crippen LogP contribution in [0.25, 0.3) is 0 Å². The highest BCUT2D eigenvalue weighted by Crippen LogP contribution is 2.38. The van der Waals surface area contributed by atoms with Crippen LogP contribution in [0.4, 0.5) is 4.79 Å². The van der Waals surface area contributed by atoms with Crippen LogP contribution in [0.3, 0.4) is 0 Å². The molecule has 0 aliphatic carbocycles. The number of amides is 4. The van der Waals surface area contributed by atoms with Crippen molar-refractivity contribution in [2.24, 2.45) is 5.92 Å². The zero-order chi connectivity index (χ0) is 26.0. The molecular weight excluding hydrogens is 452 g/mol. The molecule has 2 aromatic carbocycles. The molecule has 36 heavy (non-hydrogen) atoms. The second kappa shape index (κ2) is 10.6. The van der Waals surface area contributed by atoms with E-state index in [1.165, 1.54) is 0 Å². The van der Waals surface area contributed by atoms with Crippen LogP contribution in [0, 0.1) is 19.8 Å². The molecule has 0 saturated carbocycles. The number of hydrogen-bond donors (Lipinski definition) is 2. The zero-order valence-corrected chi connectivity index (χ0v) is 21.8. The lowest BCUT2D eigenvalue weighted by atomic mass is 9.91. The highest BCUT2D eigenvalue weighted by Gasteiger charge is 2.47. The normalized spacial score (nSPS) is 18.4. The van der Waals surface area contributed by atoms with E-state index in [4.69, 9.17) is 0 Å². The topological polar surface area (TPSA) is 81.8 Å². The monoisotopic (exact) mass is 488 g/mol. The van der Waals surface area contributed by atoms with Crippen molar-refractivity contribution in [3.63, 3.8) is 0 Å². The molecule has 2 N–H and O–H groups in total. The van der Waals surface area contributed by atoms with E-state index >= 15 is 0 Å². The van der Waals surface area contributed by atoms with Gasteiger partial charge in [0.25, 0.3) is 5.91 Å². The van der Waals surface area contributed by atoms with Crippen molar-refractivity contribution in [2.45, 2.75) is 53.1 Å². The van der Waals surface area contributed by atoms with Crippen LogP contribution in [0.1, 0.15) is 49.1 Å². The second-order valence-electron chi connectivity index (χ2n) is 10.1. The van der Waals surface area contributed by atoms with Gasteiger partial charge in [-0.15, -0.1) is 0 Å². The van der Waals surface area contributed by atoms with E-state index in [1.54, 1.807) is 9.80 Å². The number of rotatable bonds is 8. The second-order valence-corrected chi connectivity index (χ2v) is 10.1. The highest BCUT2D eigenvalue weighted by molar-refractivity contribution is 6.03. The Morgan fingerprint density at radius 1 is 1.11 bits per heavy atom. The maximum atomic E-state index is 14.1. The predicted molar refractivity (Wildman–Crippen MR) is 140 cm³/mol. The van der Waals surface area contributed by atoms with Crippen LogP contribution >= 0.6 is 0 Å². The smallest absolute Gasteiger partial charge is 0.322 e. The molecule has 2 heterocycles. The fourth-order valence-corrected chi connectivity index (χ4v) is 5.09. The minimum atomic E-state index is -0.683. The SMILES string of the molecule is CCN1C(=O)N[C@@H](c2ccc(C)cc2C)C2=C1CN([C@H](Cc1ccccc1)C(=O)NCC(C)C)C2=O. The van der Waals surface area contributed by atoms with Gasteiger partial charge in [0, 0.05) is 19.5 Å². The van der Waals surface area contributed by atoms with Gasteiger partial charge >= 0.3 is 6.03 Å². The van der Waals surface area contributed by atoms with E-state index < -0.39 is 12.1 Å². The van der Waals surface area contributed by atoms with Gasteiger partial charge in [-0.1, -0.05) is 67.9 Å². The van der Waals surface area contributed by atoms with E-state index in [0.717, 1.165) is 22.3 Å². The number of aryl methyl sites for hydroxylation is 2. The molecule has 190 valence electrons. The molecular formula is C29H36N4O3. The van der Waals surface area contributed by atoms with Gasteiger partial charge in [-0.3, -0.25) is 14.5 Å². The number of carbonyl (C=O) groups is 3. The molecule has 0 bridgehead atoms. The number of nitrogens with one attached hydrogen (secondary N) is 2. The summed E-state index contributed by atoms with van der Waals surface area (Å²) in [5.41, 5.74) is 5.25. The molecule has 7 heteroatoms. The summed E-state index contributed by atoms with van der Waals surface area (Å²) in [6.07, 6.45) is 0.402. The first-order valence-corrected chi connectivity index (χ1v) is 12.7. The molecule has 4 amide bonds. The quantitative estimate of drug-likeness (QED) is 0.592. The molecule has 0 saturated heterocycles. The Bertz CT molecular complexity index is 1190. The number of likely N-dealkylation sites (N-methyl/N-ethyl adjacent to an activating group) is 1. The largest absolute Gasteiger partial charge is 0.354 e. The van der Waals surface area contributed by atoms with Crippen molar-refractivity contribution < 1.29 is 14.4 Å². The highest BCUT2D eigenvalue weighted by atomic mass is 16.2. The maximum absolute atomic E-state index is 14.1. The molecule has 2 aliphatic heterocycles. The van der Waals surface area contributed by atoms with Crippen LogP contribution in [0.2, 0.25) is 0 Å². The number of urea groups is 1. The van der Waals surface area contributed by atoms with Gasteiger partial charge in [-0.2, -0.15) is 0 Å². The Morgan fingerprint density at radius 3 is 2.47 bits per heavy atom. The van der Waals surface area contributed by atoms with E-state index in [2.05, 4.69) is 16.7 Å². The average molecular weight is 489 g/mol. The van der Waals surface area contributed by atoms with E-state index in [-0.39, 0.29) is 24.4 Å². The summed E-state index contributed by atoms with van der Waals surface area (Å²) in [6, 6.07) is 14.3. The minimum Gasteiger partial charge on any atom is -0.354 e. The van der Waals surface area contributed by atoms with Gasteiger partial charge in [-0.05, 0) is 43.4 Å². The van der Waals surface area contributed by atoms with Crippen LogP contribution in [0.15, 0.2) is 59.8 Å². The lowest BCUT2D eigenvalue weighted by molar-refractivity contribution is -0.136. The molecule has 0 unspecified atom stereocenters. The van der Waals surface area contributed by atoms with E-state index in [1.807, 2.05) is 77.1 Å². The fraction of sp³-hybridized carbons (Fsp3) is 0.414. The van der Waals surface area contributed by atoms with Gasteiger partial charge in [-0.25, -0.2) is 4.79 Å². The number of benzene rings is 2. The lowest BCUT2D eigenvalue weighted by Crippen LogP contribution is -2.50. The maximum Gasteiger partial charge on any atom is 0.322 e. The van der Waals surface area contributed by atoms with Crippen LogP contribution in [-0.2, 0) is 16.0 Å². The summed E-state index contributed by atoms with van der Waals surface area (Å²) < 4.78 is 0. The van der Waals surface area contributed by atoms with Crippen molar-refractivity contribution in [3.8, 4) is 0 Å². The first kappa shape index (κ1) is 25.5. The third-order valence-corrected chi connectivity index (χ3v) is 6.94. The molecule has 0 fully saturated rings. The molecule has 4 rings (SSSR count). The Morgan fingerprint density at radius 2 is 1.83 bits per heavy atom. The molecule has 7 nitrogen and oxygen atoms in total. The van der Waals surface area contributed by atoms with E-state index in [0.29, 0.717) is 36.7 Å². The number of hydrogen-bond acceptors (Lipinski definition) is 3. The molecule has 2 aromatic rings. The third kappa shape index (κ3) is 5.01. The summed E-state index contributed by atoms with van der Waals surface area (Å²) in [4.78, 5) is 43.8. The Balaban J connectivity index is 1.72. The first-order valence-electron chi connectivity index (χ1n) is 12.7. The first-order chi connectivity index (χ1) is 17.2. The zero-order valence-electron chi connectivity index (χ0n) is 21.8. The molecule has 0 aromatic heterocycles. The lowest BCUT2D eigenvalue weighted by Gasteiger charge is -2.33. The van der Waals surface area contributed by atoms with Crippen molar-refractivity contribution in [3.05, 3.63) is 82.1 Å². The molecule has 2 aliphatic rings. The summed E-state index contributed by atoms with van der Waals surface area (Å²) in [7, 11) is 0. The van der Waals surface area contributed by atoms with Gasteiger partial charge in [0.1, 0.15) is 6.04 Å². The van der Waals surface area contributed by atoms with Crippen molar-refractivity contribution in [1.82, 2.24) is 20.4 Å². The molecule has 0 radical (unpaired) electrons. The molecule has 2 atom stereocenters. The van der Waals surface area contributed by atoms with E-state index in [9.17, 15) is 14.4 Å². The minimum absolute atomic E-state index is 0.175. The van der Waals surface area contributed by atoms with Crippen molar-refractivity contribution in [2.75, 3.05) is 19.6 Å². The summed E-state index contributed by atoms with van der Waals surface area (Å²) >= 11 is 0. The van der Waals surface area contributed by atoms with Crippen LogP contribution in [-0.4, -0.2) is 53.3 Å². The Hall–Kier alpha value is -3.61. The van der Waals surface area contributed by atoms with Gasteiger partial charge in [0.05, 0.1) is 23.9 Å². The van der Waals surface area contributed by atoms with Gasteiger partial charge in [0.2, 0.25) is 5.91 Å². The van der Waals surface area contributed by atoms with Gasteiger partial charge in [0.15, 0.2) is 0 Å². The van der Waals surface area contributed by atoms with Crippen LogP contribution < -0.4 is 10.6 Å². The third-order valence-electron chi connectivity index (χ3n) is 6.94. The number of carbonyl (C=O) groups excluding carboxylic acids is 3. The summed E-state index contributed by atoms with van der Waals surface area (Å²) in [5, 5.41) is 6.08. The Labute approximate surface area is 213 Å². The van der Waals surface area contributed by atoms with Crippen molar-refractivity contribution in [1.29, 1.82) is 0 Å². The molecule has 0 spiro atoms. The average Bonchev–Trinajstić information content (AvgIpc) is 3.18.